The van der Waals surface area contributed by atoms with Gasteiger partial charge in [0.15, 0.2) is 0 Å². The quantitative estimate of drug-likeness (QED) is 0.832. The predicted molar refractivity (Wildman–Crippen MR) is 69.8 cm³/mol. The summed E-state index contributed by atoms with van der Waals surface area (Å²) >= 11 is 0. The zero-order chi connectivity index (χ0) is 12.3. The standard InChI is InChI=1S/C14H22N2O/c1-11-9-16(8-7-15-11)12(2)14-5-3-13(10-17)4-6-14/h3-6,11-12,15,17H,7-10H2,1-2H3. The Kier molecular flexibility index (Phi) is 4.15. The van der Waals surface area contributed by atoms with Crippen LogP contribution in [0.1, 0.15) is 31.0 Å². The molecule has 0 saturated carbocycles. The molecule has 1 aliphatic rings. The number of benzene rings is 1. The second kappa shape index (κ2) is 5.63. The molecule has 0 spiro atoms. The lowest BCUT2D eigenvalue weighted by Gasteiger charge is -2.36. The van der Waals surface area contributed by atoms with Crippen LogP contribution >= 0.6 is 0 Å². The lowest BCUT2D eigenvalue weighted by Crippen LogP contribution is -2.49. The van der Waals surface area contributed by atoms with Crippen LogP contribution in [0.2, 0.25) is 0 Å². The van der Waals surface area contributed by atoms with Crippen molar-refractivity contribution in [3.05, 3.63) is 35.4 Å². The van der Waals surface area contributed by atoms with Crippen LogP contribution in [0.15, 0.2) is 24.3 Å². The molecule has 1 aliphatic heterocycles. The second-order valence-electron chi connectivity index (χ2n) is 4.93. The van der Waals surface area contributed by atoms with Crippen LogP contribution in [-0.2, 0) is 6.61 Å². The summed E-state index contributed by atoms with van der Waals surface area (Å²) in [6.07, 6.45) is 0. The molecule has 94 valence electrons. The fourth-order valence-corrected chi connectivity index (χ4v) is 2.43. The Labute approximate surface area is 103 Å². The van der Waals surface area contributed by atoms with E-state index in [1.807, 2.05) is 12.1 Å². The fraction of sp³-hybridized carbons (Fsp3) is 0.571. The van der Waals surface area contributed by atoms with E-state index in [9.17, 15) is 0 Å². The number of piperazine rings is 1. The maximum Gasteiger partial charge on any atom is 0.0681 e. The summed E-state index contributed by atoms with van der Waals surface area (Å²) in [6, 6.07) is 9.30. The number of aliphatic hydroxyl groups excluding tert-OH is 1. The van der Waals surface area contributed by atoms with Crippen LogP contribution in [0.3, 0.4) is 0 Å². The van der Waals surface area contributed by atoms with Gasteiger partial charge in [-0.2, -0.15) is 0 Å². The molecule has 2 rings (SSSR count). The highest BCUT2D eigenvalue weighted by atomic mass is 16.3. The third-order valence-electron chi connectivity index (χ3n) is 3.59. The van der Waals surface area contributed by atoms with Gasteiger partial charge >= 0.3 is 0 Å². The fourth-order valence-electron chi connectivity index (χ4n) is 2.43. The minimum atomic E-state index is 0.124. The molecule has 2 N–H and O–H groups in total. The summed E-state index contributed by atoms with van der Waals surface area (Å²) < 4.78 is 0. The van der Waals surface area contributed by atoms with Crippen molar-refractivity contribution in [3.8, 4) is 0 Å². The lowest BCUT2D eigenvalue weighted by atomic mass is 10.0. The van der Waals surface area contributed by atoms with Gasteiger partial charge in [0.1, 0.15) is 0 Å². The Morgan fingerprint density at radius 2 is 2.12 bits per heavy atom. The molecule has 0 amide bonds. The van der Waals surface area contributed by atoms with Gasteiger partial charge in [-0.3, -0.25) is 4.90 Å². The molecule has 1 aromatic carbocycles. The van der Waals surface area contributed by atoms with Crippen molar-refractivity contribution in [2.45, 2.75) is 32.5 Å². The summed E-state index contributed by atoms with van der Waals surface area (Å²) in [5, 5.41) is 12.5. The van der Waals surface area contributed by atoms with Gasteiger partial charge in [0.25, 0.3) is 0 Å². The predicted octanol–water partition coefficient (Wildman–Crippen LogP) is 1.53. The number of hydrogen-bond acceptors (Lipinski definition) is 3. The first-order valence-corrected chi connectivity index (χ1v) is 6.38. The Balaban J connectivity index is 2.04. The van der Waals surface area contributed by atoms with Crippen molar-refractivity contribution in [2.24, 2.45) is 0 Å². The zero-order valence-electron chi connectivity index (χ0n) is 10.7. The molecule has 3 heteroatoms. The molecule has 1 fully saturated rings. The molecule has 2 atom stereocenters. The summed E-state index contributed by atoms with van der Waals surface area (Å²) in [6.45, 7) is 7.88. The molecule has 3 nitrogen and oxygen atoms in total. The van der Waals surface area contributed by atoms with Crippen LogP contribution in [0.5, 0.6) is 0 Å². The van der Waals surface area contributed by atoms with Crippen molar-refractivity contribution in [1.29, 1.82) is 0 Å². The molecule has 1 heterocycles. The Morgan fingerprint density at radius 1 is 1.41 bits per heavy atom. The van der Waals surface area contributed by atoms with Gasteiger partial charge < -0.3 is 10.4 Å². The van der Waals surface area contributed by atoms with E-state index in [1.165, 1.54) is 5.56 Å². The molecule has 2 unspecified atom stereocenters. The maximum atomic E-state index is 9.03. The smallest absolute Gasteiger partial charge is 0.0681 e. The molecule has 1 saturated heterocycles. The first kappa shape index (κ1) is 12.6. The van der Waals surface area contributed by atoms with Gasteiger partial charge in [0.05, 0.1) is 6.61 Å². The first-order chi connectivity index (χ1) is 8.20. The SMILES string of the molecule is CC1CN(C(C)c2ccc(CO)cc2)CCN1. The molecule has 0 radical (unpaired) electrons. The third kappa shape index (κ3) is 3.06. The van der Waals surface area contributed by atoms with Gasteiger partial charge in [-0.15, -0.1) is 0 Å². The molecule has 0 aromatic heterocycles. The van der Waals surface area contributed by atoms with Gasteiger partial charge in [-0.25, -0.2) is 0 Å². The van der Waals surface area contributed by atoms with Crippen LogP contribution in [0, 0.1) is 0 Å². The van der Waals surface area contributed by atoms with Gasteiger partial charge in [-0.05, 0) is 25.0 Å². The van der Waals surface area contributed by atoms with Crippen molar-refractivity contribution in [3.63, 3.8) is 0 Å². The van der Waals surface area contributed by atoms with E-state index in [-0.39, 0.29) is 6.61 Å². The minimum absolute atomic E-state index is 0.124. The summed E-state index contributed by atoms with van der Waals surface area (Å²) in [4.78, 5) is 2.51. The molecule has 0 bridgehead atoms. The highest BCUT2D eigenvalue weighted by molar-refractivity contribution is 5.24. The van der Waals surface area contributed by atoms with E-state index in [2.05, 4.69) is 36.2 Å². The van der Waals surface area contributed by atoms with E-state index in [0.29, 0.717) is 12.1 Å². The van der Waals surface area contributed by atoms with Gasteiger partial charge in [0, 0.05) is 31.7 Å². The monoisotopic (exact) mass is 234 g/mol. The molecular formula is C14H22N2O. The molecule has 1 aromatic rings. The van der Waals surface area contributed by atoms with Crippen LogP contribution in [-0.4, -0.2) is 35.7 Å². The minimum Gasteiger partial charge on any atom is -0.392 e. The highest BCUT2D eigenvalue weighted by Crippen LogP contribution is 2.21. The van der Waals surface area contributed by atoms with E-state index in [4.69, 9.17) is 5.11 Å². The second-order valence-corrected chi connectivity index (χ2v) is 4.93. The lowest BCUT2D eigenvalue weighted by molar-refractivity contribution is 0.158. The Hall–Kier alpha value is -0.900. The van der Waals surface area contributed by atoms with E-state index < -0.39 is 0 Å². The molecule has 17 heavy (non-hydrogen) atoms. The number of aliphatic hydroxyl groups is 1. The van der Waals surface area contributed by atoms with Crippen molar-refractivity contribution >= 4 is 0 Å². The van der Waals surface area contributed by atoms with E-state index in [1.54, 1.807) is 0 Å². The Bertz CT molecular complexity index is 350. The number of hydrogen-bond donors (Lipinski definition) is 2. The number of nitrogens with one attached hydrogen (secondary N) is 1. The molecular weight excluding hydrogens is 212 g/mol. The summed E-state index contributed by atoms with van der Waals surface area (Å²) in [7, 11) is 0. The first-order valence-electron chi connectivity index (χ1n) is 6.38. The Morgan fingerprint density at radius 3 is 2.71 bits per heavy atom. The molecule has 0 aliphatic carbocycles. The largest absolute Gasteiger partial charge is 0.392 e. The van der Waals surface area contributed by atoms with Crippen LogP contribution in [0.4, 0.5) is 0 Å². The number of rotatable bonds is 3. The average Bonchev–Trinajstić information content (AvgIpc) is 2.38. The third-order valence-corrected chi connectivity index (χ3v) is 3.59. The van der Waals surface area contributed by atoms with Crippen molar-refractivity contribution in [2.75, 3.05) is 19.6 Å². The highest BCUT2D eigenvalue weighted by Gasteiger charge is 2.21. The summed E-state index contributed by atoms with van der Waals surface area (Å²) in [5.41, 5.74) is 2.31. The van der Waals surface area contributed by atoms with E-state index >= 15 is 0 Å². The topological polar surface area (TPSA) is 35.5 Å². The maximum absolute atomic E-state index is 9.03. The van der Waals surface area contributed by atoms with Gasteiger partial charge in [-0.1, -0.05) is 24.3 Å². The van der Waals surface area contributed by atoms with Crippen LogP contribution < -0.4 is 5.32 Å². The normalized spacial score (nSPS) is 23.6. The average molecular weight is 234 g/mol. The van der Waals surface area contributed by atoms with Gasteiger partial charge in [0.2, 0.25) is 0 Å². The van der Waals surface area contributed by atoms with E-state index in [0.717, 1.165) is 25.2 Å². The van der Waals surface area contributed by atoms with Crippen LogP contribution in [0.25, 0.3) is 0 Å². The van der Waals surface area contributed by atoms with Crippen molar-refractivity contribution < 1.29 is 5.11 Å². The number of nitrogens with zero attached hydrogens (tertiary/aromatic N) is 1. The van der Waals surface area contributed by atoms with Crippen molar-refractivity contribution in [1.82, 2.24) is 10.2 Å². The zero-order valence-corrected chi connectivity index (χ0v) is 10.7. The summed E-state index contributed by atoms with van der Waals surface area (Å²) in [5.74, 6) is 0.